The zero-order valence-corrected chi connectivity index (χ0v) is 11.6. The highest BCUT2D eigenvalue weighted by atomic mass is 32.2. The minimum atomic E-state index is 0.580. The SMILES string of the molecule is Nn1c(SCC2CCCCC2)nnc1-c1ccco1. The van der Waals surface area contributed by atoms with Crippen LogP contribution in [0.2, 0.25) is 0 Å². The Hall–Kier alpha value is -1.43. The molecule has 0 bridgehead atoms. The molecule has 1 fully saturated rings. The summed E-state index contributed by atoms with van der Waals surface area (Å²) in [5.74, 6) is 9.12. The van der Waals surface area contributed by atoms with Gasteiger partial charge in [-0.05, 0) is 30.9 Å². The average Bonchev–Trinajstić information content (AvgIpc) is 3.07. The maximum atomic E-state index is 6.02. The van der Waals surface area contributed by atoms with Crippen molar-refractivity contribution < 1.29 is 4.42 Å². The Labute approximate surface area is 116 Å². The van der Waals surface area contributed by atoms with E-state index in [1.54, 1.807) is 18.0 Å². The molecule has 2 aromatic heterocycles. The summed E-state index contributed by atoms with van der Waals surface area (Å²) < 4.78 is 6.82. The van der Waals surface area contributed by atoms with Crippen LogP contribution in [0.4, 0.5) is 0 Å². The third-order valence-electron chi connectivity index (χ3n) is 3.58. The van der Waals surface area contributed by atoms with Crippen molar-refractivity contribution in [2.24, 2.45) is 5.92 Å². The van der Waals surface area contributed by atoms with Crippen molar-refractivity contribution in [2.45, 2.75) is 37.3 Å². The van der Waals surface area contributed by atoms with Gasteiger partial charge in [-0.2, -0.15) is 0 Å². The lowest BCUT2D eigenvalue weighted by molar-refractivity contribution is 0.390. The van der Waals surface area contributed by atoms with E-state index in [-0.39, 0.29) is 0 Å². The predicted molar refractivity (Wildman–Crippen MR) is 75.2 cm³/mol. The molecular formula is C13H18N4OS. The summed E-state index contributed by atoms with van der Waals surface area (Å²) in [6.45, 7) is 0. The van der Waals surface area contributed by atoms with Crippen LogP contribution in [-0.2, 0) is 0 Å². The highest BCUT2D eigenvalue weighted by Gasteiger charge is 2.18. The summed E-state index contributed by atoms with van der Waals surface area (Å²) in [5, 5.41) is 9.00. The summed E-state index contributed by atoms with van der Waals surface area (Å²) in [7, 11) is 0. The average molecular weight is 278 g/mol. The smallest absolute Gasteiger partial charge is 0.218 e. The molecule has 0 radical (unpaired) electrons. The second-order valence-electron chi connectivity index (χ2n) is 4.97. The summed E-state index contributed by atoms with van der Waals surface area (Å²) in [5.41, 5.74) is 0. The molecule has 0 atom stereocenters. The summed E-state index contributed by atoms with van der Waals surface area (Å²) in [4.78, 5) is 0. The largest absolute Gasteiger partial charge is 0.461 e. The fraction of sp³-hybridized carbons (Fsp3) is 0.538. The van der Waals surface area contributed by atoms with E-state index in [2.05, 4.69) is 10.2 Å². The van der Waals surface area contributed by atoms with Gasteiger partial charge in [0.25, 0.3) is 0 Å². The summed E-state index contributed by atoms with van der Waals surface area (Å²) in [6, 6.07) is 3.65. The van der Waals surface area contributed by atoms with Crippen LogP contribution in [0, 0.1) is 5.92 Å². The highest BCUT2D eigenvalue weighted by molar-refractivity contribution is 7.99. The Morgan fingerprint density at radius 2 is 2.16 bits per heavy atom. The van der Waals surface area contributed by atoms with Gasteiger partial charge in [-0.15, -0.1) is 10.2 Å². The van der Waals surface area contributed by atoms with Crippen molar-refractivity contribution in [1.29, 1.82) is 0 Å². The van der Waals surface area contributed by atoms with Crippen molar-refractivity contribution in [3.05, 3.63) is 18.4 Å². The molecule has 0 aromatic carbocycles. The Morgan fingerprint density at radius 1 is 1.32 bits per heavy atom. The van der Waals surface area contributed by atoms with Gasteiger partial charge in [0, 0.05) is 5.75 Å². The van der Waals surface area contributed by atoms with Crippen LogP contribution in [0.5, 0.6) is 0 Å². The lowest BCUT2D eigenvalue weighted by Gasteiger charge is -2.20. The number of rotatable bonds is 4. The predicted octanol–water partition coefficient (Wildman–Crippen LogP) is 2.92. The van der Waals surface area contributed by atoms with E-state index < -0.39 is 0 Å². The third-order valence-corrected chi connectivity index (χ3v) is 4.75. The molecule has 3 rings (SSSR count). The maximum absolute atomic E-state index is 6.02. The number of thioether (sulfide) groups is 1. The molecule has 1 aliphatic carbocycles. The molecule has 6 heteroatoms. The monoisotopic (exact) mass is 278 g/mol. The minimum Gasteiger partial charge on any atom is -0.461 e. The van der Waals surface area contributed by atoms with E-state index in [0.29, 0.717) is 11.6 Å². The van der Waals surface area contributed by atoms with Crippen molar-refractivity contribution >= 4 is 11.8 Å². The molecule has 1 aliphatic rings. The Kier molecular flexibility index (Phi) is 3.77. The van der Waals surface area contributed by atoms with Gasteiger partial charge >= 0.3 is 0 Å². The van der Waals surface area contributed by atoms with Crippen LogP contribution in [-0.4, -0.2) is 20.6 Å². The second kappa shape index (κ2) is 5.69. The number of aromatic nitrogens is 3. The van der Waals surface area contributed by atoms with E-state index in [1.165, 1.54) is 36.8 Å². The Morgan fingerprint density at radius 3 is 2.89 bits per heavy atom. The fourth-order valence-electron chi connectivity index (χ4n) is 2.50. The van der Waals surface area contributed by atoms with Gasteiger partial charge in [0.2, 0.25) is 11.0 Å². The summed E-state index contributed by atoms with van der Waals surface area (Å²) in [6.07, 6.45) is 8.37. The van der Waals surface area contributed by atoms with Crippen LogP contribution in [0.25, 0.3) is 11.6 Å². The Bertz CT molecular complexity index is 517. The van der Waals surface area contributed by atoms with Gasteiger partial charge in [-0.25, -0.2) is 4.68 Å². The van der Waals surface area contributed by atoms with E-state index in [0.717, 1.165) is 16.8 Å². The van der Waals surface area contributed by atoms with Crippen molar-refractivity contribution in [3.63, 3.8) is 0 Å². The third kappa shape index (κ3) is 2.78. The van der Waals surface area contributed by atoms with E-state index >= 15 is 0 Å². The van der Waals surface area contributed by atoms with Gasteiger partial charge in [0.1, 0.15) is 0 Å². The lowest BCUT2D eigenvalue weighted by atomic mass is 9.91. The first kappa shape index (κ1) is 12.6. The lowest BCUT2D eigenvalue weighted by Crippen LogP contribution is -2.13. The molecule has 2 heterocycles. The Balaban J connectivity index is 1.65. The number of nitrogen functional groups attached to an aromatic ring is 1. The van der Waals surface area contributed by atoms with Crippen molar-refractivity contribution in [3.8, 4) is 11.6 Å². The first-order valence-electron chi connectivity index (χ1n) is 6.72. The molecule has 0 spiro atoms. The number of nitrogens with zero attached hydrogens (tertiary/aromatic N) is 3. The minimum absolute atomic E-state index is 0.580. The topological polar surface area (TPSA) is 69.9 Å². The van der Waals surface area contributed by atoms with Gasteiger partial charge in [0.05, 0.1) is 6.26 Å². The first-order chi connectivity index (χ1) is 9.34. The molecular weight excluding hydrogens is 260 g/mol. The van der Waals surface area contributed by atoms with Crippen molar-refractivity contribution in [2.75, 3.05) is 11.6 Å². The van der Waals surface area contributed by atoms with Gasteiger partial charge < -0.3 is 10.3 Å². The number of hydrogen-bond acceptors (Lipinski definition) is 5. The van der Waals surface area contributed by atoms with Crippen LogP contribution in [0.1, 0.15) is 32.1 Å². The molecule has 102 valence electrons. The fourth-order valence-corrected chi connectivity index (χ4v) is 3.54. The number of hydrogen-bond donors (Lipinski definition) is 1. The number of furan rings is 1. The molecule has 0 aliphatic heterocycles. The van der Waals surface area contributed by atoms with E-state index in [9.17, 15) is 0 Å². The van der Waals surface area contributed by atoms with Crippen LogP contribution in [0.3, 0.4) is 0 Å². The van der Waals surface area contributed by atoms with Gasteiger partial charge in [-0.1, -0.05) is 31.0 Å². The molecule has 19 heavy (non-hydrogen) atoms. The zero-order chi connectivity index (χ0) is 13.1. The number of nitrogens with two attached hydrogens (primary N) is 1. The normalized spacial score (nSPS) is 16.8. The molecule has 0 unspecified atom stereocenters. The van der Waals surface area contributed by atoms with Crippen LogP contribution < -0.4 is 5.84 Å². The molecule has 2 aromatic rings. The first-order valence-corrected chi connectivity index (χ1v) is 7.70. The molecule has 0 saturated heterocycles. The quantitative estimate of drug-likeness (QED) is 0.688. The van der Waals surface area contributed by atoms with Gasteiger partial charge in [-0.3, -0.25) is 0 Å². The molecule has 1 saturated carbocycles. The highest BCUT2D eigenvalue weighted by Crippen LogP contribution is 2.30. The molecule has 0 amide bonds. The maximum Gasteiger partial charge on any atom is 0.218 e. The van der Waals surface area contributed by atoms with Crippen molar-refractivity contribution in [1.82, 2.24) is 14.9 Å². The second-order valence-corrected chi connectivity index (χ2v) is 5.96. The zero-order valence-electron chi connectivity index (χ0n) is 10.8. The van der Waals surface area contributed by atoms with Gasteiger partial charge in [0.15, 0.2) is 5.76 Å². The van der Waals surface area contributed by atoms with Crippen LogP contribution in [0.15, 0.2) is 28.0 Å². The van der Waals surface area contributed by atoms with E-state index in [1.807, 2.05) is 12.1 Å². The van der Waals surface area contributed by atoms with E-state index in [4.69, 9.17) is 10.3 Å². The molecule has 5 nitrogen and oxygen atoms in total. The summed E-state index contributed by atoms with van der Waals surface area (Å²) >= 11 is 1.69. The standard InChI is InChI=1S/C13H18N4OS/c14-17-12(11-7-4-8-18-11)15-16-13(17)19-9-10-5-2-1-3-6-10/h4,7-8,10H,1-3,5-6,9,14H2. The molecule has 2 N–H and O–H groups in total. The van der Waals surface area contributed by atoms with Crippen LogP contribution >= 0.6 is 11.8 Å².